The van der Waals surface area contributed by atoms with Crippen LogP contribution in [0.2, 0.25) is 0 Å². The van der Waals surface area contributed by atoms with E-state index >= 15 is 0 Å². The van der Waals surface area contributed by atoms with Crippen molar-refractivity contribution in [3.05, 3.63) is 47.8 Å². The summed E-state index contributed by atoms with van der Waals surface area (Å²) in [4.78, 5) is 24.1. The zero-order chi connectivity index (χ0) is 18.6. The summed E-state index contributed by atoms with van der Waals surface area (Å²) in [5.74, 6) is -0.675. The van der Waals surface area contributed by atoms with Gasteiger partial charge in [0.25, 0.3) is 18.2 Å². The minimum Gasteiger partial charge on any atom is -0.347 e. The van der Waals surface area contributed by atoms with E-state index in [1.54, 1.807) is 24.3 Å². The molecule has 0 aliphatic carbocycles. The van der Waals surface area contributed by atoms with Gasteiger partial charge in [0.05, 0.1) is 11.8 Å². The molecule has 0 radical (unpaired) electrons. The van der Waals surface area contributed by atoms with Crippen molar-refractivity contribution in [2.45, 2.75) is 39.3 Å². The van der Waals surface area contributed by atoms with E-state index in [0.29, 0.717) is 11.3 Å². The van der Waals surface area contributed by atoms with E-state index in [1.165, 1.54) is 12.4 Å². The summed E-state index contributed by atoms with van der Waals surface area (Å²) in [5, 5.41) is 9.18. The van der Waals surface area contributed by atoms with Crippen LogP contribution in [0, 0.1) is 0 Å². The molecule has 0 unspecified atom stereocenters. The fourth-order valence-corrected chi connectivity index (χ4v) is 2.04. The second-order valence-electron chi connectivity index (χ2n) is 6.58. The lowest BCUT2D eigenvalue weighted by Crippen LogP contribution is -2.40. The molecule has 0 atom stereocenters. The van der Waals surface area contributed by atoms with Crippen LogP contribution in [0.4, 0.5) is 14.5 Å². The largest absolute Gasteiger partial charge is 0.347 e. The van der Waals surface area contributed by atoms with Gasteiger partial charge in [-0.05, 0) is 45.0 Å². The average molecular weight is 350 g/mol. The van der Waals surface area contributed by atoms with E-state index in [2.05, 4.69) is 15.7 Å². The highest BCUT2D eigenvalue weighted by Crippen LogP contribution is 2.13. The molecule has 1 aromatic heterocycles. The van der Waals surface area contributed by atoms with Gasteiger partial charge in [0.15, 0.2) is 0 Å². The number of amides is 2. The Labute approximate surface area is 144 Å². The Hall–Kier alpha value is -2.77. The van der Waals surface area contributed by atoms with Crippen molar-refractivity contribution in [3.63, 3.8) is 0 Å². The van der Waals surface area contributed by atoms with Crippen molar-refractivity contribution in [1.82, 2.24) is 15.1 Å². The first kappa shape index (κ1) is 18.6. The van der Waals surface area contributed by atoms with Gasteiger partial charge in [-0.1, -0.05) is 0 Å². The molecule has 8 heteroatoms. The number of carbonyl (C=O) groups excluding carboxylic acids is 2. The van der Waals surface area contributed by atoms with Crippen molar-refractivity contribution in [2.75, 3.05) is 5.32 Å². The molecule has 0 bridgehead atoms. The standard InChI is InChI=1S/C17H20F2N4O2/c1-17(2,3)22-16(25)11-4-6-13(7-5-11)21-15(24)12-8-20-23(9-12)10-14(18)19/h4-9,14H,10H2,1-3H3,(H,21,24)(H,22,25). The van der Waals surface area contributed by atoms with E-state index < -0.39 is 18.9 Å². The maximum atomic E-state index is 12.3. The molecule has 2 N–H and O–H groups in total. The summed E-state index contributed by atoms with van der Waals surface area (Å²) in [7, 11) is 0. The fraction of sp³-hybridized carbons (Fsp3) is 0.353. The summed E-state index contributed by atoms with van der Waals surface area (Å²) < 4.78 is 25.6. The third-order valence-electron chi connectivity index (χ3n) is 3.11. The first-order valence-electron chi connectivity index (χ1n) is 7.68. The second-order valence-corrected chi connectivity index (χ2v) is 6.58. The minimum atomic E-state index is -2.54. The summed E-state index contributed by atoms with van der Waals surface area (Å²) >= 11 is 0. The average Bonchev–Trinajstić information content (AvgIpc) is 2.94. The van der Waals surface area contributed by atoms with Gasteiger partial charge >= 0.3 is 0 Å². The third-order valence-corrected chi connectivity index (χ3v) is 3.11. The number of alkyl halides is 2. The van der Waals surface area contributed by atoms with Crippen LogP contribution in [-0.4, -0.2) is 33.6 Å². The lowest BCUT2D eigenvalue weighted by molar-refractivity contribution is 0.0919. The Morgan fingerprint density at radius 3 is 2.32 bits per heavy atom. The van der Waals surface area contributed by atoms with Gasteiger partial charge in [-0.3, -0.25) is 14.3 Å². The number of nitrogens with zero attached hydrogens (tertiary/aromatic N) is 2. The number of aromatic nitrogens is 2. The summed E-state index contributed by atoms with van der Waals surface area (Å²) in [6, 6.07) is 6.38. The number of nitrogens with one attached hydrogen (secondary N) is 2. The van der Waals surface area contributed by atoms with Crippen LogP contribution < -0.4 is 10.6 Å². The summed E-state index contributed by atoms with van der Waals surface area (Å²) in [6.45, 7) is 5.08. The van der Waals surface area contributed by atoms with Gasteiger partial charge < -0.3 is 10.6 Å². The number of anilines is 1. The number of halogens is 2. The Morgan fingerprint density at radius 1 is 1.12 bits per heavy atom. The molecule has 0 aliphatic heterocycles. The van der Waals surface area contributed by atoms with E-state index in [0.717, 1.165) is 4.68 Å². The first-order valence-corrected chi connectivity index (χ1v) is 7.68. The lowest BCUT2D eigenvalue weighted by atomic mass is 10.1. The molecule has 6 nitrogen and oxygen atoms in total. The van der Waals surface area contributed by atoms with Gasteiger partial charge in [-0.2, -0.15) is 5.10 Å². The molecule has 1 aromatic carbocycles. The molecule has 0 saturated carbocycles. The maximum absolute atomic E-state index is 12.3. The SMILES string of the molecule is CC(C)(C)NC(=O)c1ccc(NC(=O)c2cnn(CC(F)F)c2)cc1. The predicted octanol–water partition coefficient (Wildman–Crippen LogP) is 2.93. The molecule has 2 aromatic rings. The monoisotopic (exact) mass is 350 g/mol. The maximum Gasteiger partial charge on any atom is 0.258 e. The van der Waals surface area contributed by atoms with Crippen LogP contribution in [0.3, 0.4) is 0 Å². The highest BCUT2D eigenvalue weighted by molar-refractivity contribution is 6.04. The molecular weight excluding hydrogens is 330 g/mol. The fourth-order valence-electron chi connectivity index (χ4n) is 2.04. The number of rotatable bonds is 5. The van der Waals surface area contributed by atoms with E-state index in [-0.39, 0.29) is 17.0 Å². The van der Waals surface area contributed by atoms with Gasteiger partial charge in [-0.25, -0.2) is 8.78 Å². The van der Waals surface area contributed by atoms with Crippen LogP contribution in [0.1, 0.15) is 41.5 Å². The van der Waals surface area contributed by atoms with Gasteiger partial charge in [0.2, 0.25) is 0 Å². The van der Waals surface area contributed by atoms with Crippen LogP contribution in [0.5, 0.6) is 0 Å². The molecule has 0 saturated heterocycles. The second kappa shape index (κ2) is 7.42. The molecule has 0 aliphatic rings. The Kier molecular flexibility index (Phi) is 5.51. The van der Waals surface area contributed by atoms with E-state index in [4.69, 9.17) is 0 Å². The van der Waals surface area contributed by atoms with Crippen LogP contribution >= 0.6 is 0 Å². The predicted molar refractivity (Wildman–Crippen MR) is 89.8 cm³/mol. The molecule has 0 fully saturated rings. The topological polar surface area (TPSA) is 76.0 Å². The van der Waals surface area contributed by atoms with Gasteiger partial charge in [0.1, 0.15) is 6.54 Å². The molecule has 1 heterocycles. The number of carbonyl (C=O) groups is 2. The van der Waals surface area contributed by atoms with Crippen molar-refractivity contribution in [3.8, 4) is 0 Å². The molecular formula is C17H20F2N4O2. The Bertz CT molecular complexity index is 749. The highest BCUT2D eigenvalue weighted by atomic mass is 19.3. The normalized spacial score (nSPS) is 11.4. The zero-order valence-electron chi connectivity index (χ0n) is 14.2. The number of hydrogen-bond acceptors (Lipinski definition) is 3. The van der Waals surface area contributed by atoms with Crippen LogP contribution in [0.15, 0.2) is 36.7 Å². The van der Waals surface area contributed by atoms with Crippen LogP contribution in [0.25, 0.3) is 0 Å². The van der Waals surface area contributed by atoms with E-state index in [1.807, 2.05) is 20.8 Å². The van der Waals surface area contributed by atoms with E-state index in [9.17, 15) is 18.4 Å². The first-order chi connectivity index (χ1) is 11.6. The molecule has 2 amide bonds. The lowest BCUT2D eigenvalue weighted by Gasteiger charge is -2.20. The minimum absolute atomic E-state index is 0.176. The molecule has 2 rings (SSSR count). The quantitative estimate of drug-likeness (QED) is 0.870. The van der Waals surface area contributed by atoms with Crippen molar-refractivity contribution >= 4 is 17.5 Å². The summed E-state index contributed by atoms with van der Waals surface area (Å²) in [5.41, 5.74) is 0.786. The smallest absolute Gasteiger partial charge is 0.258 e. The third kappa shape index (κ3) is 5.66. The summed E-state index contributed by atoms with van der Waals surface area (Å²) in [6.07, 6.45) is -0.0576. The van der Waals surface area contributed by atoms with Crippen molar-refractivity contribution in [1.29, 1.82) is 0 Å². The zero-order valence-corrected chi connectivity index (χ0v) is 14.2. The molecule has 0 spiro atoms. The Morgan fingerprint density at radius 2 is 1.76 bits per heavy atom. The van der Waals surface area contributed by atoms with Gasteiger partial charge in [-0.15, -0.1) is 0 Å². The number of hydrogen-bond donors (Lipinski definition) is 2. The Balaban J connectivity index is 1.99. The molecule has 25 heavy (non-hydrogen) atoms. The number of benzene rings is 1. The van der Waals surface area contributed by atoms with Crippen molar-refractivity contribution in [2.24, 2.45) is 0 Å². The molecule has 134 valence electrons. The van der Waals surface area contributed by atoms with Crippen molar-refractivity contribution < 1.29 is 18.4 Å². The van der Waals surface area contributed by atoms with Gasteiger partial charge in [0, 0.05) is 23.0 Å². The van der Waals surface area contributed by atoms with Crippen LogP contribution in [-0.2, 0) is 6.54 Å². The highest BCUT2D eigenvalue weighted by Gasteiger charge is 2.15.